The number of carbonyl (C=O) groups is 3. The summed E-state index contributed by atoms with van der Waals surface area (Å²) >= 11 is 0.876. The number of nitriles is 2. The fourth-order valence-electron chi connectivity index (χ4n) is 7.34. The Morgan fingerprint density at radius 2 is 1.21 bits per heavy atom. The maximum Gasteiger partial charge on any atom is 0.296 e. The van der Waals surface area contributed by atoms with Gasteiger partial charge in [-0.2, -0.15) is 35.8 Å². The second kappa shape index (κ2) is 24.7. The van der Waals surface area contributed by atoms with Crippen molar-refractivity contribution in [3.8, 4) is 23.3 Å². The molecule has 0 aliphatic heterocycles. The zero-order chi connectivity index (χ0) is 56.2. The number of hydrogen-bond acceptors (Lipinski definition) is 23. The fourth-order valence-corrected chi connectivity index (χ4v) is 10.2. The minimum Gasteiger partial charge on any atom is -0.463 e. The molecule has 0 aliphatic carbocycles. The summed E-state index contributed by atoms with van der Waals surface area (Å²) in [6.45, 7) is 1.75. The monoisotopic (exact) mass is 1130 g/mol. The first kappa shape index (κ1) is 56.6. The number of nitrogens with zero attached hydrogens (tertiary/aromatic N) is 7. The highest BCUT2D eigenvalue weighted by Crippen LogP contribution is 2.49. The summed E-state index contributed by atoms with van der Waals surface area (Å²) in [5.74, 6) is -1.53. The van der Waals surface area contributed by atoms with Crippen molar-refractivity contribution in [3.63, 3.8) is 0 Å². The van der Waals surface area contributed by atoms with Gasteiger partial charge in [0.1, 0.15) is 47.4 Å². The minimum absolute atomic E-state index is 0.0104. The predicted molar refractivity (Wildman–Crippen MR) is 282 cm³/mol. The standard InChI is InChI=1S/C50H40N10O14S4/c1-30-42(23-51)46(53-35-12-16-39(17-13-35)77(67,68)71-2)56-47(54-36-14-18-40(19-15-36)78(69,70)72-3)45(30)58-59-49-43(24-52)44(50(75-49)60-57-38-21-31(25-73-28-61)20-32(22-38)26-74-29-62)33-8-10-37(11-9-33)55-48(63)41-7-5-4-6-34(41)27-76(64,65)66/h4-22,28-29H,25-27H2,1-3H3,(H,55,63)(H2,53,54,56)(H,64,65,66). The summed E-state index contributed by atoms with van der Waals surface area (Å²) in [4.78, 5) is 39.9. The van der Waals surface area contributed by atoms with Gasteiger partial charge in [0.2, 0.25) is 0 Å². The number of nitrogens with one attached hydrogen (secondary N) is 3. The molecule has 0 aliphatic rings. The van der Waals surface area contributed by atoms with Crippen molar-refractivity contribution in [3.05, 3.63) is 154 Å². The van der Waals surface area contributed by atoms with Gasteiger partial charge in [0.05, 0.1) is 35.3 Å². The molecule has 7 aromatic rings. The Bertz CT molecular complexity index is 3910. The fraction of sp³-hybridized carbons (Fsp3) is 0.120. The first-order valence-corrected chi connectivity index (χ1v) is 27.4. The van der Waals surface area contributed by atoms with Crippen molar-refractivity contribution in [2.24, 2.45) is 20.5 Å². The Morgan fingerprint density at radius 3 is 1.73 bits per heavy atom. The number of aromatic nitrogens is 1. The van der Waals surface area contributed by atoms with E-state index in [0.29, 0.717) is 28.1 Å². The highest BCUT2D eigenvalue weighted by Gasteiger charge is 2.24. The molecule has 0 radical (unpaired) electrons. The van der Waals surface area contributed by atoms with E-state index in [1.165, 1.54) is 84.9 Å². The van der Waals surface area contributed by atoms with E-state index in [1.807, 2.05) is 0 Å². The first-order chi connectivity index (χ1) is 37.3. The summed E-state index contributed by atoms with van der Waals surface area (Å²) in [6, 6.07) is 31.8. The second-order valence-electron chi connectivity index (χ2n) is 16.0. The van der Waals surface area contributed by atoms with Gasteiger partial charge in [0.15, 0.2) is 16.6 Å². The molecule has 78 heavy (non-hydrogen) atoms. The van der Waals surface area contributed by atoms with Crippen LogP contribution in [-0.2, 0) is 76.7 Å². The summed E-state index contributed by atoms with van der Waals surface area (Å²) in [7, 11) is -10.6. The number of carbonyl (C=O) groups excluding carboxylic acids is 3. The van der Waals surface area contributed by atoms with E-state index in [9.17, 15) is 54.7 Å². The molecule has 4 N–H and O–H groups in total. The molecule has 0 bridgehead atoms. The molecule has 28 heteroatoms. The highest BCUT2D eigenvalue weighted by atomic mass is 32.2. The Hall–Kier alpha value is -9.13. The molecule has 7 rings (SSSR count). The number of azo groups is 2. The molecule has 0 saturated carbocycles. The van der Waals surface area contributed by atoms with Crippen LogP contribution in [0.3, 0.4) is 0 Å². The third kappa shape index (κ3) is 13.8. The van der Waals surface area contributed by atoms with Crippen LogP contribution in [0.1, 0.15) is 43.7 Å². The van der Waals surface area contributed by atoms with E-state index >= 15 is 0 Å². The van der Waals surface area contributed by atoms with Gasteiger partial charge in [-0.3, -0.25) is 27.3 Å². The van der Waals surface area contributed by atoms with Gasteiger partial charge in [0, 0.05) is 33.8 Å². The third-order valence-electron chi connectivity index (χ3n) is 11.0. The van der Waals surface area contributed by atoms with E-state index in [1.54, 1.807) is 37.3 Å². The molecule has 5 aromatic carbocycles. The number of hydrogen-bond donors (Lipinski definition) is 4. The van der Waals surface area contributed by atoms with E-state index in [2.05, 4.69) is 61.9 Å². The van der Waals surface area contributed by atoms with Crippen molar-refractivity contribution in [1.29, 1.82) is 10.5 Å². The first-order valence-electron chi connectivity index (χ1n) is 22.2. The predicted octanol–water partition coefficient (Wildman–Crippen LogP) is 9.84. The molecule has 2 aromatic heterocycles. The van der Waals surface area contributed by atoms with Gasteiger partial charge < -0.3 is 25.4 Å². The Kier molecular flexibility index (Phi) is 17.9. The van der Waals surface area contributed by atoms with Crippen LogP contribution in [0, 0.1) is 29.6 Å². The Balaban J connectivity index is 1.34. The molecule has 24 nitrogen and oxygen atoms in total. The van der Waals surface area contributed by atoms with Gasteiger partial charge in [0.25, 0.3) is 49.2 Å². The smallest absolute Gasteiger partial charge is 0.296 e. The number of thiophene rings is 1. The van der Waals surface area contributed by atoms with Crippen LogP contribution in [-0.4, -0.2) is 67.9 Å². The average Bonchev–Trinajstić information content (AvgIpc) is 3.79. The van der Waals surface area contributed by atoms with Crippen LogP contribution < -0.4 is 16.0 Å². The van der Waals surface area contributed by atoms with Crippen molar-refractivity contribution >= 4 is 111 Å². The molecular formula is C50H40N10O14S4. The molecule has 0 fully saturated rings. The van der Waals surface area contributed by atoms with E-state index in [-0.39, 0.29) is 108 Å². The van der Waals surface area contributed by atoms with Crippen molar-refractivity contribution < 1.29 is 62.0 Å². The summed E-state index contributed by atoms with van der Waals surface area (Å²) in [5, 5.41) is 48.2. The molecule has 2 heterocycles. The largest absolute Gasteiger partial charge is 0.463 e. The Morgan fingerprint density at radius 1 is 0.679 bits per heavy atom. The maximum absolute atomic E-state index is 13.4. The average molecular weight is 1130 g/mol. The molecule has 0 atom stereocenters. The molecule has 398 valence electrons. The lowest BCUT2D eigenvalue weighted by molar-refractivity contribution is -0.130. The van der Waals surface area contributed by atoms with Crippen molar-refractivity contribution in [2.45, 2.75) is 35.7 Å². The molecule has 0 spiro atoms. The zero-order valence-electron chi connectivity index (χ0n) is 40.8. The van der Waals surface area contributed by atoms with Crippen LogP contribution in [0.15, 0.2) is 146 Å². The maximum atomic E-state index is 13.4. The highest BCUT2D eigenvalue weighted by molar-refractivity contribution is 7.87. The van der Waals surface area contributed by atoms with E-state index in [4.69, 9.17) is 9.47 Å². The summed E-state index contributed by atoms with van der Waals surface area (Å²) < 4.78 is 101. The molecule has 0 saturated heterocycles. The number of pyridine rings is 1. The van der Waals surface area contributed by atoms with Gasteiger partial charge >= 0.3 is 0 Å². The van der Waals surface area contributed by atoms with Crippen molar-refractivity contribution in [2.75, 3.05) is 30.2 Å². The number of benzene rings is 5. The van der Waals surface area contributed by atoms with E-state index < -0.39 is 42.0 Å². The number of ether oxygens (including phenoxy) is 2. The molecule has 1 amide bonds. The van der Waals surface area contributed by atoms with Crippen LogP contribution >= 0.6 is 11.3 Å². The summed E-state index contributed by atoms with van der Waals surface area (Å²) in [6.07, 6.45) is 0. The van der Waals surface area contributed by atoms with Crippen molar-refractivity contribution in [1.82, 2.24) is 4.98 Å². The Labute approximate surface area is 449 Å². The van der Waals surface area contributed by atoms with Gasteiger partial charge in [-0.1, -0.05) is 41.7 Å². The van der Waals surface area contributed by atoms with Crippen LogP contribution in [0.25, 0.3) is 11.1 Å². The van der Waals surface area contributed by atoms with Gasteiger partial charge in [-0.15, -0.1) is 20.5 Å². The lowest BCUT2D eigenvalue weighted by Crippen LogP contribution is -2.15. The lowest BCUT2D eigenvalue weighted by atomic mass is 10.0. The zero-order valence-corrected chi connectivity index (χ0v) is 44.0. The van der Waals surface area contributed by atoms with Gasteiger partial charge in [-0.25, -0.2) is 4.98 Å². The number of anilines is 5. The summed E-state index contributed by atoms with van der Waals surface area (Å²) in [5.41, 5.74) is 2.73. The van der Waals surface area contributed by atoms with Crippen LogP contribution in [0.2, 0.25) is 0 Å². The minimum atomic E-state index is -4.48. The topological polar surface area (TPSA) is 357 Å². The van der Waals surface area contributed by atoms with E-state index in [0.717, 1.165) is 25.6 Å². The van der Waals surface area contributed by atoms with Crippen LogP contribution in [0.4, 0.5) is 50.1 Å². The number of rotatable bonds is 23. The second-order valence-corrected chi connectivity index (χ2v) is 21.9. The SMILES string of the molecule is COS(=O)(=O)c1ccc(Nc2nc(Nc3ccc(S(=O)(=O)OC)cc3)c(N=Nc3sc(N=Nc4cc(COC=O)cc(COC=O)c4)c(-c4ccc(NC(=O)c5ccccc5CS(=O)(=O)O)cc4)c3C#N)c(C)c2C#N)cc1. The number of amides is 1. The molecule has 0 unspecified atom stereocenters. The third-order valence-corrected chi connectivity index (χ3v) is 15.2. The molecular weight excluding hydrogens is 1090 g/mol. The lowest BCUT2D eigenvalue weighted by Gasteiger charge is -2.16. The normalized spacial score (nSPS) is 11.7. The van der Waals surface area contributed by atoms with Crippen LogP contribution in [0.5, 0.6) is 0 Å². The quantitative estimate of drug-likeness (QED) is 0.0200. The van der Waals surface area contributed by atoms with Gasteiger partial charge in [-0.05, 0) is 114 Å².